The van der Waals surface area contributed by atoms with Crippen molar-refractivity contribution in [1.29, 1.82) is 0 Å². The highest BCUT2D eigenvalue weighted by Gasteiger charge is 2.60. The Kier molecular flexibility index (Phi) is 4.51. The molecule has 1 aromatic rings. The molecule has 0 bridgehead atoms. The molecule has 1 amide bonds. The lowest BCUT2D eigenvalue weighted by Crippen LogP contribution is -2.19. The lowest BCUT2D eigenvalue weighted by atomic mass is 9.98. The molecule has 1 aromatic carbocycles. The van der Waals surface area contributed by atoms with Gasteiger partial charge in [0.1, 0.15) is 0 Å². The predicted octanol–water partition coefficient (Wildman–Crippen LogP) is 5.30. The number of allylic oxidation sites excluding steroid dienone is 2. The molecular weight excluding hydrogens is 270 g/mol. The molecule has 1 aliphatic rings. The molecule has 0 heterocycles. The predicted molar refractivity (Wildman–Crippen MR) is 94.1 cm³/mol. The first-order valence-corrected chi connectivity index (χ1v) is 8.21. The largest absolute Gasteiger partial charge is 0.325 e. The van der Waals surface area contributed by atoms with Crippen molar-refractivity contribution in [3.8, 4) is 0 Å². The van der Waals surface area contributed by atoms with Crippen molar-refractivity contribution in [1.82, 2.24) is 0 Å². The molecule has 0 radical (unpaired) electrons. The van der Waals surface area contributed by atoms with Crippen molar-refractivity contribution in [2.45, 2.75) is 54.4 Å². The third kappa shape index (κ3) is 3.11. The van der Waals surface area contributed by atoms with Crippen molar-refractivity contribution >= 4 is 11.6 Å². The van der Waals surface area contributed by atoms with E-state index < -0.39 is 0 Å². The molecule has 2 atom stereocenters. The maximum Gasteiger partial charge on any atom is 0.228 e. The van der Waals surface area contributed by atoms with E-state index in [-0.39, 0.29) is 17.2 Å². The summed E-state index contributed by atoms with van der Waals surface area (Å²) < 4.78 is 0. The Morgan fingerprint density at radius 2 is 1.91 bits per heavy atom. The first-order valence-electron chi connectivity index (χ1n) is 8.21. The molecule has 1 saturated carbocycles. The summed E-state index contributed by atoms with van der Waals surface area (Å²) in [6, 6.07) is 6.24. The fraction of sp³-hybridized carbons (Fsp3) is 0.550. The van der Waals surface area contributed by atoms with Crippen LogP contribution in [0.2, 0.25) is 0 Å². The fourth-order valence-electron chi connectivity index (χ4n) is 3.39. The zero-order valence-electron chi connectivity index (χ0n) is 14.9. The number of rotatable bonds is 4. The number of carbonyl (C=O) groups is 1. The summed E-state index contributed by atoms with van der Waals surface area (Å²) >= 11 is 0. The van der Waals surface area contributed by atoms with Gasteiger partial charge in [0.15, 0.2) is 0 Å². The highest BCUT2D eigenvalue weighted by Crippen LogP contribution is 2.59. The number of carbonyl (C=O) groups excluding carboxylic acids is 1. The second-order valence-electron chi connectivity index (χ2n) is 7.75. The van der Waals surface area contributed by atoms with Crippen LogP contribution in [0, 0.1) is 24.2 Å². The van der Waals surface area contributed by atoms with Crippen LogP contribution in [0.3, 0.4) is 0 Å². The van der Waals surface area contributed by atoms with Crippen LogP contribution < -0.4 is 5.32 Å². The highest BCUT2D eigenvalue weighted by atomic mass is 16.2. The summed E-state index contributed by atoms with van der Waals surface area (Å²) in [6.45, 7) is 15.0. The van der Waals surface area contributed by atoms with E-state index in [1.54, 1.807) is 0 Å². The Morgan fingerprint density at radius 1 is 1.27 bits per heavy atom. The first-order chi connectivity index (χ1) is 10.2. The van der Waals surface area contributed by atoms with Gasteiger partial charge in [-0.25, -0.2) is 0 Å². The maximum absolute atomic E-state index is 12.8. The van der Waals surface area contributed by atoms with Gasteiger partial charge in [0.25, 0.3) is 0 Å². The van der Waals surface area contributed by atoms with Crippen LogP contribution >= 0.6 is 0 Å². The Hall–Kier alpha value is -1.57. The van der Waals surface area contributed by atoms with E-state index >= 15 is 0 Å². The molecule has 0 aliphatic heterocycles. The van der Waals surface area contributed by atoms with Gasteiger partial charge in [-0.2, -0.15) is 0 Å². The highest BCUT2D eigenvalue weighted by molar-refractivity contribution is 5.97. The number of aryl methyl sites for hydroxylation is 1. The van der Waals surface area contributed by atoms with E-state index in [9.17, 15) is 4.79 Å². The Morgan fingerprint density at radius 3 is 2.45 bits per heavy atom. The Labute approximate surface area is 135 Å². The second-order valence-corrected chi connectivity index (χ2v) is 7.75. The van der Waals surface area contributed by atoms with Crippen LogP contribution in [-0.4, -0.2) is 5.91 Å². The first kappa shape index (κ1) is 16.8. The Balaban J connectivity index is 2.23. The maximum atomic E-state index is 12.8. The smallest absolute Gasteiger partial charge is 0.228 e. The minimum absolute atomic E-state index is 0.0576. The second kappa shape index (κ2) is 5.91. The zero-order valence-corrected chi connectivity index (χ0v) is 14.9. The lowest BCUT2D eigenvalue weighted by Gasteiger charge is -2.16. The summed E-state index contributed by atoms with van der Waals surface area (Å²) in [5.41, 5.74) is 4.69. The van der Waals surface area contributed by atoms with E-state index in [0.717, 1.165) is 11.3 Å². The van der Waals surface area contributed by atoms with Gasteiger partial charge < -0.3 is 5.32 Å². The third-order valence-electron chi connectivity index (χ3n) is 4.88. The van der Waals surface area contributed by atoms with Crippen molar-refractivity contribution in [3.05, 3.63) is 41.0 Å². The van der Waals surface area contributed by atoms with Gasteiger partial charge in [0.2, 0.25) is 5.91 Å². The number of hydrogen-bond acceptors (Lipinski definition) is 1. The molecule has 2 rings (SSSR count). The van der Waals surface area contributed by atoms with Gasteiger partial charge >= 0.3 is 0 Å². The van der Waals surface area contributed by atoms with Gasteiger partial charge in [-0.15, -0.1) is 0 Å². The number of anilines is 1. The van der Waals surface area contributed by atoms with Gasteiger partial charge in [0.05, 0.1) is 5.92 Å². The molecule has 0 aromatic heterocycles. The number of amides is 1. The van der Waals surface area contributed by atoms with Crippen molar-refractivity contribution < 1.29 is 4.79 Å². The van der Waals surface area contributed by atoms with Gasteiger partial charge in [-0.1, -0.05) is 57.5 Å². The fourth-order valence-corrected chi connectivity index (χ4v) is 3.39. The summed E-state index contributed by atoms with van der Waals surface area (Å²) in [7, 11) is 0. The van der Waals surface area contributed by atoms with Crippen LogP contribution in [0.15, 0.2) is 29.8 Å². The summed E-state index contributed by atoms with van der Waals surface area (Å²) in [5, 5.41) is 3.21. The van der Waals surface area contributed by atoms with E-state index in [2.05, 4.69) is 78.1 Å². The van der Waals surface area contributed by atoms with E-state index in [4.69, 9.17) is 0 Å². The molecule has 0 unspecified atom stereocenters. The quantitative estimate of drug-likeness (QED) is 0.751. The molecule has 120 valence electrons. The molecule has 1 aliphatic carbocycles. The zero-order chi connectivity index (χ0) is 16.7. The van der Waals surface area contributed by atoms with E-state index in [0.29, 0.717) is 11.8 Å². The summed E-state index contributed by atoms with van der Waals surface area (Å²) in [5.74, 6) is 0.978. The average molecular weight is 299 g/mol. The average Bonchev–Trinajstić information content (AvgIpc) is 2.92. The lowest BCUT2D eigenvalue weighted by molar-refractivity contribution is -0.118. The summed E-state index contributed by atoms with van der Waals surface area (Å²) in [6.07, 6.45) is 2.24. The molecule has 22 heavy (non-hydrogen) atoms. The van der Waals surface area contributed by atoms with E-state index in [1.165, 1.54) is 11.1 Å². The molecule has 1 fully saturated rings. The van der Waals surface area contributed by atoms with Crippen LogP contribution in [0.5, 0.6) is 0 Å². The minimum atomic E-state index is 0.0576. The van der Waals surface area contributed by atoms with Crippen LogP contribution in [0.4, 0.5) is 5.69 Å². The van der Waals surface area contributed by atoms with Crippen LogP contribution in [0.1, 0.15) is 58.6 Å². The van der Waals surface area contributed by atoms with Gasteiger partial charge in [-0.05, 0) is 49.1 Å². The minimum Gasteiger partial charge on any atom is -0.325 e. The SMILES string of the molecule is CC(C)=C[C@@H]1[C@@H](C(=O)Nc2c(C)cccc2C(C)C)C1(C)C. The number of nitrogens with one attached hydrogen (secondary N) is 1. The molecule has 0 spiro atoms. The standard InChI is InChI=1S/C20H29NO/c1-12(2)11-16-17(20(16,6)7)19(22)21-18-14(5)9-8-10-15(18)13(3)4/h8-11,13,16-17H,1-7H3,(H,21,22)/t16-,17+/m1/s1. The molecule has 1 N–H and O–H groups in total. The topological polar surface area (TPSA) is 29.1 Å². The van der Waals surface area contributed by atoms with E-state index in [1.807, 2.05) is 0 Å². The number of benzene rings is 1. The van der Waals surface area contributed by atoms with Gasteiger partial charge in [0, 0.05) is 5.69 Å². The molecular formula is C20H29NO. The number of para-hydroxylation sites is 1. The Bertz CT molecular complexity index is 606. The molecule has 2 heteroatoms. The molecule has 0 saturated heterocycles. The third-order valence-corrected chi connectivity index (χ3v) is 4.88. The van der Waals surface area contributed by atoms with Crippen molar-refractivity contribution in [3.63, 3.8) is 0 Å². The van der Waals surface area contributed by atoms with Crippen molar-refractivity contribution in [2.24, 2.45) is 17.3 Å². The van der Waals surface area contributed by atoms with Crippen LogP contribution in [0.25, 0.3) is 0 Å². The van der Waals surface area contributed by atoms with Crippen molar-refractivity contribution in [2.75, 3.05) is 5.32 Å². The van der Waals surface area contributed by atoms with Gasteiger partial charge in [-0.3, -0.25) is 4.79 Å². The number of hydrogen-bond donors (Lipinski definition) is 1. The monoisotopic (exact) mass is 299 g/mol. The molecule has 2 nitrogen and oxygen atoms in total. The summed E-state index contributed by atoms with van der Waals surface area (Å²) in [4.78, 5) is 12.8. The normalized spacial score (nSPS) is 22.4. The van der Waals surface area contributed by atoms with Crippen LogP contribution in [-0.2, 0) is 4.79 Å².